The van der Waals surface area contributed by atoms with Gasteiger partial charge in [-0.05, 0) is 12.0 Å². The van der Waals surface area contributed by atoms with Gasteiger partial charge in [0.05, 0.1) is 6.42 Å². The molecule has 0 spiro atoms. The highest BCUT2D eigenvalue weighted by molar-refractivity contribution is 5.88. The fraction of sp³-hybridized carbons (Fsp3) is 0.467. The molecule has 118 valence electrons. The zero-order valence-corrected chi connectivity index (χ0v) is 13.1. The van der Waals surface area contributed by atoms with Crippen molar-refractivity contribution in [1.29, 1.82) is 0 Å². The third kappa shape index (κ3) is 7.68. The lowest BCUT2D eigenvalue weighted by molar-refractivity contribution is -0.128. The van der Waals surface area contributed by atoms with E-state index in [4.69, 9.17) is 5.73 Å². The molecule has 0 aliphatic carbocycles. The third-order valence-corrected chi connectivity index (χ3v) is 2.88. The quantitative estimate of drug-likeness (QED) is 0.669. The minimum atomic E-state index is -0.484. The molecule has 0 aromatic heterocycles. The zero-order chi connectivity index (χ0) is 14.8. The number of nitrogens with two attached hydrogens (primary N) is 1. The van der Waals surface area contributed by atoms with Gasteiger partial charge in [0.15, 0.2) is 0 Å². The normalized spacial score (nSPS) is 11.1. The van der Waals surface area contributed by atoms with Crippen molar-refractivity contribution >= 4 is 24.2 Å². The number of amides is 2. The lowest BCUT2D eigenvalue weighted by Crippen LogP contribution is -2.48. The molecule has 0 radical (unpaired) electrons. The Morgan fingerprint density at radius 3 is 2.48 bits per heavy atom. The van der Waals surface area contributed by atoms with Crippen molar-refractivity contribution < 1.29 is 9.59 Å². The van der Waals surface area contributed by atoms with E-state index in [0.717, 1.165) is 12.0 Å². The Balaban J connectivity index is 0.00000400. The second kappa shape index (κ2) is 11.1. The molecule has 0 heterocycles. The van der Waals surface area contributed by atoms with Gasteiger partial charge in [-0.1, -0.05) is 43.7 Å². The molecule has 6 heteroatoms. The van der Waals surface area contributed by atoms with Gasteiger partial charge in [0.25, 0.3) is 0 Å². The van der Waals surface area contributed by atoms with E-state index in [1.54, 1.807) is 0 Å². The van der Waals surface area contributed by atoms with Gasteiger partial charge >= 0.3 is 0 Å². The van der Waals surface area contributed by atoms with Gasteiger partial charge in [0.1, 0.15) is 6.04 Å². The van der Waals surface area contributed by atoms with Gasteiger partial charge in [-0.25, -0.2) is 0 Å². The first-order chi connectivity index (χ1) is 9.67. The van der Waals surface area contributed by atoms with E-state index in [1.807, 2.05) is 37.3 Å². The van der Waals surface area contributed by atoms with Gasteiger partial charge in [-0.2, -0.15) is 0 Å². The number of carbonyl (C=O) groups excluding carboxylic acids is 2. The van der Waals surface area contributed by atoms with Crippen LogP contribution in [0.2, 0.25) is 0 Å². The second-order valence-electron chi connectivity index (χ2n) is 4.65. The van der Waals surface area contributed by atoms with E-state index in [0.29, 0.717) is 19.5 Å². The Morgan fingerprint density at radius 2 is 1.90 bits per heavy atom. The fourth-order valence-corrected chi connectivity index (χ4v) is 1.90. The first kappa shape index (κ1) is 19.4. The van der Waals surface area contributed by atoms with E-state index in [9.17, 15) is 9.59 Å². The lowest BCUT2D eigenvalue weighted by Gasteiger charge is -2.17. The van der Waals surface area contributed by atoms with Crippen molar-refractivity contribution in [2.24, 2.45) is 5.73 Å². The molecule has 0 bridgehead atoms. The van der Waals surface area contributed by atoms with Crippen molar-refractivity contribution in [2.75, 3.05) is 13.1 Å². The van der Waals surface area contributed by atoms with Crippen LogP contribution >= 0.6 is 12.4 Å². The summed E-state index contributed by atoms with van der Waals surface area (Å²) < 4.78 is 0. The molecule has 0 aliphatic heterocycles. The molecule has 4 N–H and O–H groups in total. The summed E-state index contributed by atoms with van der Waals surface area (Å²) in [5.41, 5.74) is 6.29. The van der Waals surface area contributed by atoms with Crippen molar-refractivity contribution in [3.05, 3.63) is 35.9 Å². The standard InChI is InChI=1S/C15H23N3O2.ClH/c1-2-6-13(15(20)17-10-9-16)18-14(19)11-12-7-4-3-5-8-12;/h3-5,7-8,13H,2,6,9-11,16H2,1H3,(H,17,20)(H,18,19);1H. The number of nitrogens with one attached hydrogen (secondary N) is 2. The van der Waals surface area contributed by atoms with Crippen LogP contribution in [0.4, 0.5) is 0 Å². The highest BCUT2D eigenvalue weighted by atomic mass is 35.5. The van der Waals surface area contributed by atoms with Crippen LogP contribution in [0, 0.1) is 0 Å². The lowest BCUT2D eigenvalue weighted by atomic mass is 10.1. The number of halogens is 1. The molecule has 21 heavy (non-hydrogen) atoms. The summed E-state index contributed by atoms with van der Waals surface area (Å²) in [5, 5.41) is 5.49. The topological polar surface area (TPSA) is 84.2 Å². The van der Waals surface area contributed by atoms with Crippen LogP contribution in [0.25, 0.3) is 0 Å². The smallest absolute Gasteiger partial charge is 0.242 e. The van der Waals surface area contributed by atoms with Crippen LogP contribution < -0.4 is 16.4 Å². The minimum Gasteiger partial charge on any atom is -0.353 e. The maximum Gasteiger partial charge on any atom is 0.242 e. The van der Waals surface area contributed by atoms with Crippen molar-refractivity contribution in [3.8, 4) is 0 Å². The summed E-state index contributed by atoms with van der Waals surface area (Å²) in [4.78, 5) is 23.9. The summed E-state index contributed by atoms with van der Waals surface area (Å²) in [6, 6.07) is 8.98. The summed E-state index contributed by atoms with van der Waals surface area (Å²) in [7, 11) is 0. The van der Waals surface area contributed by atoms with E-state index >= 15 is 0 Å². The Morgan fingerprint density at radius 1 is 1.24 bits per heavy atom. The predicted molar refractivity (Wildman–Crippen MR) is 86.3 cm³/mol. The molecular weight excluding hydrogens is 290 g/mol. The van der Waals surface area contributed by atoms with Crippen molar-refractivity contribution in [2.45, 2.75) is 32.2 Å². The van der Waals surface area contributed by atoms with E-state index in [2.05, 4.69) is 10.6 Å². The fourth-order valence-electron chi connectivity index (χ4n) is 1.90. The maximum absolute atomic E-state index is 12.0. The summed E-state index contributed by atoms with van der Waals surface area (Å²) >= 11 is 0. The van der Waals surface area contributed by atoms with Crippen LogP contribution in [0.5, 0.6) is 0 Å². The summed E-state index contributed by atoms with van der Waals surface area (Å²) in [6.45, 7) is 2.79. The van der Waals surface area contributed by atoms with Crippen LogP contribution in [0.3, 0.4) is 0 Å². The third-order valence-electron chi connectivity index (χ3n) is 2.88. The molecular formula is C15H24ClN3O2. The Kier molecular flexibility index (Phi) is 10.3. The predicted octanol–water partition coefficient (Wildman–Crippen LogP) is 1.01. The molecule has 1 unspecified atom stereocenters. The number of hydrogen-bond donors (Lipinski definition) is 3. The first-order valence-corrected chi connectivity index (χ1v) is 6.98. The number of rotatable bonds is 8. The summed E-state index contributed by atoms with van der Waals surface area (Å²) in [5.74, 6) is -0.309. The first-order valence-electron chi connectivity index (χ1n) is 6.98. The molecule has 0 aliphatic rings. The molecule has 0 saturated carbocycles. The molecule has 1 atom stereocenters. The Hall–Kier alpha value is -1.59. The van der Waals surface area contributed by atoms with Gasteiger partial charge < -0.3 is 16.4 Å². The monoisotopic (exact) mass is 313 g/mol. The van der Waals surface area contributed by atoms with Crippen molar-refractivity contribution in [1.82, 2.24) is 10.6 Å². The van der Waals surface area contributed by atoms with Gasteiger partial charge in [-0.15, -0.1) is 12.4 Å². The van der Waals surface area contributed by atoms with E-state index < -0.39 is 6.04 Å². The van der Waals surface area contributed by atoms with Crippen LogP contribution in [0.15, 0.2) is 30.3 Å². The summed E-state index contributed by atoms with van der Waals surface area (Å²) in [6.07, 6.45) is 1.73. The van der Waals surface area contributed by atoms with E-state index in [-0.39, 0.29) is 30.6 Å². The zero-order valence-electron chi connectivity index (χ0n) is 12.3. The van der Waals surface area contributed by atoms with Crippen LogP contribution in [-0.4, -0.2) is 30.9 Å². The average molecular weight is 314 g/mol. The van der Waals surface area contributed by atoms with Gasteiger partial charge in [0, 0.05) is 13.1 Å². The Bertz CT molecular complexity index is 426. The number of carbonyl (C=O) groups is 2. The highest BCUT2D eigenvalue weighted by Crippen LogP contribution is 2.02. The molecule has 2 amide bonds. The molecule has 1 aromatic rings. The number of hydrogen-bond acceptors (Lipinski definition) is 3. The highest BCUT2D eigenvalue weighted by Gasteiger charge is 2.19. The maximum atomic E-state index is 12.0. The molecule has 0 saturated heterocycles. The van der Waals surface area contributed by atoms with Gasteiger partial charge in [-0.3, -0.25) is 9.59 Å². The minimum absolute atomic E-state index is 0. The van der Waals surface area contributed by atoms with E-state index in [1.165, 1.54) is 0 Å². The molecule has 5 nitrogen and oxygen atoms in total. The SMILES string of the molecule is CCCC(NC(=O)Cc1ccccc1)C(=O)NCCN.Cl. The largest absolute Gasteiger partial charge is 0.353 e. The van der Waals surface area contributed by atoms with Crippen LogP contribution in [0.1, 0.15) is 25.3 Å². The molecule has 1 rings (SSSR count). The van der Waals surface area contributed by atoms with Crippen molar-refractivity contribution in [3.63, 3.8) is 0 Å². The second-order valence-corrected chi connectivity index (χ2v) is 4.65. The van der Waals surface area contributed by atoms with Gasteiger partial charge in [0.2, 0.25) is 11.8 Å². The molecule has 1 aromatic carbocycles. The van der Waals surface area contributed by atoms with Crippen LogP contribution in [-0.2, 0) is 16.0 Å². The Labute approximate surface area is 132 Å². The average Bonchev–Trinajstić information content (AvgIpc) is 2.45. The number of benzene rings is 1. The molecule has 0 fully saturated rings.